The lowest BCUT2D eigenvalue weighted by molar-refractivity contribution is 0.123. The molecular formula is C11H16N2OS. The molecule has 1 saturated heterocycles. The number of nitrogens with zero attached hydrogens (tertiary/aromatic N) is 2. The fraction of sp³-hybridized carbons (Fsp3) is 0.727. The van der Waals surface area contributed by atoms with Crippen molar-refractivity contribution in [2.24, 2.45) is 0 Å². The van der Waals surface area contributed by atoms with Crippen LogP contribution in [0.2, 0.25) is 0 Å². The molecule has 2 heterocycles. The maximum absolute atomic E-state index is 5.37. The van der Waals surface area contributed by atoms with Crippen molar-refractivity contribution in [1.82, 2.24) is 4.98 Å². The smallest absolute Gasteiger partial charge is 0.114 e. The molecular weight excluding hydrogens is 208 g/mol. The summed E-state index contributed by atoms with van der Waals surface area (Å²) in [5.74, 6) is 0.781. The Morgan fingerprint density at radius 1 is 1.33 bits per heavy atom. The topological polar surface area (TPSA) is 25.4 Å². The van der Waals surface area contributed by atoms with Gasteiger partial charge in [-0.1, -0.05) is 0 Å². The molecule has 3 nitrogen and oxygen atoms in total. The first-order valence-corrected chi connectivity index (χ1v) is 6.46. The molecule has 1 aromatic heterocycles. The van der Waals surface area contributed by atoms with Gasteiger partial charge in [0.15, 0.2) is 0 Å². The summed E-state index contributed by atoms with van der Waals surface area (Å²) in [6.07, 6.45) is 2.69. The number of anilines is 1. The molecule has 1 aliphatic heterocycles. The molecule has 82 valence electrons. The molecule has 2 aliphatic rings. The highest BCUT2D eigenvalue weighted by Crippen LogP contribution is 2.44. The summed E-state index contributed by atoms with van der Waals surface area (Å²) in [5, 5.41) is 2.73. The van der Waals surface area contributed by atoms with Gasteiger partial charge in [-0.3, -0.25) is 0 Å². The number of thiazole rings is 1. The summed E-state index contributed by atoms with van der Waals surface area (Å²) < 4.78 is 5.37. The Hall–Kier alpha value is -0.610. The third-order valence-electron chi connectivity index (χ3n) is 3.01. The van der Waals surface area contributed by atoms with Gasteiger partial charge in [-0.25, -0.2) is 4.98 Å². The van der Waals surface area contributed by atoms with Gasteiger partial charge in [-0.2, -0.15) is 0 Å². The Kier molecular flexibility index (Phi) is 2.41. The van der Waals surface area contributed by atoms with Crippen molar-refractivity contribution in [3.05, 3.63) is 10.7 Å². The molecule has 1 aromatic rings. The van der Waals surface area contributed by atoms with Gasteiger partial charge >= 0.3 is 0 Å². The Balaban J connectivity index is 1.82. The Morgan fingerprint density at radius 2 is 2.07 bits per heavy atom. The Labute approximate surface area is 94.1 Å². The maximum Gasteiger partial charge on any atom is 0.114 e. The van der Waals surface area contributed by atoms with Crippen LogP contribution in [0.4, 0.5) is 5.00 Å². The lowest BCUT2D eigenvalue weighted by atomic mass is 10.4. The molecule has 0 unspecified atom stereocenters. The van der Waals surface area contributed by atoms with Crippen molar-refractivity contribution in [3.8, 4) is 0 Å². The van der Waals surface area contributed by atoms with Crippen LogP contribution in [0.5, 0.6) is 0 Å². The molecule has 0 radical (unpaired) electrons. The van der Waals surface area contributed by atoms with E-state index in [0.29, 0.717) is 0 Å². The molecule has 0 amide bonds. The van der Waals surface area contributed by atoms with Crippen molar-refractivity contribution in [3.63, 3.8) is 0 Å². The molecule has 0 aromatic carbocycles. The molecule has 1 aliphatic carbocycles. The van der Waals surface area contributed by atoms with Gasteiger partial charge in [0.1, 0.15) is 5.00 Å². The molecule has 4 heteroatoms. The maximum atomic E-state index is 5.37. The zero-order valence-electron chi connectivity index (χ0n) is 9.03. The summed E-state index contributed by atoms with van der Waals surface area (Å²) in [6.45, 7) is 5.89. The molecule has 1 saturated carbocycles. The van der Waals surface area contributed by atoms with Gasteiger partial charge in [-0.05, 0) is 19.8 Å². The van der Waals surface area contributed by atoms with E-state index < -0.39 is 0 Å². The predicted molar refractivity (Wildman–Crippen MR) is 61.9 cm³/mol. The fourth-order valence-electron chi connectivity index (χ4n) is 1.97. The second kappa shape index (κ2) is 3.76. The van der Waals surface area contributed by atoms with Crippen molar-refractivity contribution >= 4 is 16.3 Å². The molecule has 0 spiro atoms. The highest BCUT2D eigenvalue weighted by atomic mass is 32.1. The van der Waals surface area contributed by atoms with Crippen LogP contribution in [0.3, 0.4) is 0 Å². The minimum Gasteiger partial charge on any atom is -0.378 e. The summed E-state index contributed by atoms with van der Waals surface area (Å²) in [4.78, 5) is 7.10. The van der Waals surface area contributed by atoms with Crippen LogP contribution in [0.1, 0.15) is 29.5 Å². The van der Waals surface area contributed by atoms with E-state index >= 15 is 0 Å². The van der Waals surface area contributed by atoms with Crippen molar-refractivity contribution < 1.29 is 4.74 Å². The largest absolute Gasteiger partial charge is 0.378 e. The van der Waals surface area contributed by atoms with Gasteiger partial charge < -0.3 is 9.64 Å². The average Bonchev–Trinajstić information content (AvgIpc) is 3.04. The number of ether oxygens (including phenoxy) is 1. The van der Waals surface area contributed by atoms with Crippen LogP contribution in [0.25, 0.3) is 0 Å². The van der Waals surface area contributed by atoms with E-state index in [1.54, 1.807) is 0 Å². The quantitative estimate of drug-likeness (QED) is 0.770. The van der Waals surface area contributed by atoms with E-state index in [9.17, 15) is 0 Å². The van der Waals surface area contributed by atoms with E-state index in [1.807, 2.05) is 11.3 Å². The summed E-state index contributed by atoms with van der Waals surface area (Å²) in [7, 11) is 0. The van der Waals surface area contributed by atoms with Crippen LogP contribution >= 0.6 is 11.3 Å². The fourth-order valence-corrected chi connectivity index (χ4v) is 3.26. The lowest BCUT2D eigenvalue weighted by Gasteiger charge is -2.27. The second-order valence-electron chi connectivity index (χ2n) is 4.32. The van der Waals surface area contributed by atoms with E-state index in [-0.39, 0.29) is 0 Å². The molecule has 0 N–H and O–H groups in total. The number of aryl methyl sites for hydroxylation is 1. The minimum absolute atomic E-state index is 0.781. The SMILES string of the molecule is Cc1nc(C2CC2)sc1N1CCOCC1. The number of hydrogen-bond acceptors (Lipinski definition) is 4. The van der Waals surface area contributed by atoms with Crippen LogP contribution in [0, 0.1) is 6.92 Å². The predicted octanol–water partition coefficient (Wildman–Crippen LogP) is 2.17. The standard InChI is InChI=1S/C11H16N2OS/c1-8-11(13-4-6-14-7-5-13)15-10(12-8)9-2-3-9/h9H,2-7H2,1H3. The summed E-state index contributed by atoms with van der Waals surface area (Å²) in [5.41, 5.74) is 1.21. The normalized spacial score (nSPS) is 22.1. The van der Waals surface area contributed by atoms with E-state index in [4.69, 9.17) is 4.74 Å². The first-order valence-electron chi connectivity index (χ1n) is 5.64. The van der Waals surface area contributed by atoms with Gasteiger partial charge in [0.25, 0.3) is 0 Å². The number of rotatable bonds is 2. The molecule has 2 fully saturated rings. The zero-order chi connectivity index (χ0) is 10.3. The first kappa shape index (κ1) is 9.60. The van der Waals surface area contributed by atoms with Crippen molar-refractivity contribution in [1.29, 1.82) is 0 Å². The monoisotopic (exact) mass is 224 g/mol. The van der Waals surface area contributed by atoms with Crippen LogP contribution < -0.4 is 4.90 Å². The highest BCUT2D eigenvalue weighted by molar-refractivity contribution is 7.16. The Morgan fingerprint density at radius 3 is 2.73 bits per heavy atom. The van der Waals surface area contributed by atoms with Gasteiger partial charge in [0.05, 0.1) is 23.9 Å². The van der Waals surface area contributed by atoms with E-state index in [0.717, 1.165) is 32.2 Å². The molecule has 3 rings (SSSR count). The summed E-state index contributed by atoms with van der Waals surface area (Å²) >= 11 is 1.90. The molecule has 0 atom stereocenters. The summed E-state index contributed by atoms with van der Waals surface area (Å²) in [6, 6.07) is 0. The van der Waals surface area contributed by atoms with Crippen LogP contribution in [-0.2, 0) is 4.74 Å². The lowest BCUT2D eigenvalue weighted by Crippen LogP contribution is -2.36. The molecule has 15 heavy (non-hydrogen) atoms. The van der Waals surface area contributed by atoms with Gasteiger partial charge in [0, 0.05) is 19.0 Å². The molecule has 0 bridgehead atoms. The van der Waals surface area contributed by atoms with Gasteiger partial charge in [-0.15, -0.1) is 11.3 Å². The van der Waals surface area contributed by atoms with E-state index in [2.05, 4.69) is 16.8 Å². The second-order valence-corrected chi connectivity index (χ2v) is 5.33. The minimum atomic E-state index is 0.781. The Bertz CT molecular complexity index is 353. The third-order valence-corrected chi connectivity index (χ3v) is 4.39. The number of aromatic nitrogens is 1. The van der Waals surface area contributed by atoms with Gasteiger partial charge in [0.2, 0.25) is 0 Å². The van der Waals surface area contributed by atoms with Crippen molar-refractivity contribution in [2.75, 3.05) is 31.2 Å². The highest BCUT2D eigenvalue weighted by Gasteiger charge is 2.28. The van der Waals surface area contributed by atoms with Crippen LogP contribution in [-0.4, -0.2) is 31.3 Å². The number of morpholine rings is 1. The third kappa shape index (κ3) is 1.88. The first-order chi connectivity index (χ1) is 7.34. The number of hydrogen-bond donors (Lipinski definition) is 0. The zero-order valence-corrected chi connectivity index (χ0v) is 9.85. The van der Waals surface area contributed by atoms with Crippen molar-refractivity contribution in [2.45, 2.75) is 25.7 Å². The van der Waals surface area contributed by atoms with Crippen LogP contribution in [0.15, 0.2) is 0 Å². The van der Waals surface area contributed by atoms with E-state index in [1.165, 1.54) is 28.5 Å². The average molecular weight is 224 g/mol.